The van der Waals surface area contributed by atoms with Crippen molar-refractivity contribution in [2.75, 3.05) is 6.54 Å². The van der Waals surface area contributed by atoms with Crippen molar-refractivity contribution in [3.63, 3.8) is 0 Å². The van der Waals surface area contributed by atoms with Gasteiger partial charge in [0.2, 0.25) is 10.0 Å². The normalized spacial score (nSPS) is 14.5. The Morgan fingerprint density at radius 2 is 1.77 bits per heavy atom. The second-order valence-corrected chi connectivity index (χ2v) is 6.77. The van der Waals surface area contributed by atoms with Crippen LogP contribution in [0.2, 0.25) is 0 Å². The zero-order valence-electron chi connectivity index (χ0n) is 11.8. The first-order chi connectivity index (χ1) is 10.2. The first-order valence-electron chi connectivity index (χ1n) is 6.45. The molecule has 0 saturated heterocycles. The van der Waals surface area contributed by atoms with Gasteiger partial charge >= 0.3 is 0 Å². The van der Waals surface area contributed by atoms with Crippen LogP contribution in [0.25, 0.3) is 0 Å². The van der Waals surface area contributed by atoms with Crippen LogP contribution in [0.15, 0.2) is 53.4 Å². The van der Waals surface area contributed by atoms with E-state index in [1.54, 1.807) is 30.3 Å². The maximum atomic E-state index is 13.6. The number of halogens is 2. The van der Waals surface area contributed by atoms with Gasteiger partial charge in [-0.3, -0.25) is 0 Å². The summed E-state index contributed by atoms with van der Waals surface area (Å²) in [5.41, 5.74) is -0.990. The van der Waals surface area contributed by atoms with Crippen LogP contribution in [-0.2, 0) is 15.6 Å². The first-order valence-corrected chi connectivity index (χ1v) is 7.93. The first kappa shape index (κ1) is 16.5. The van der Waals surface area contributed by atoms with Crippen LogP contribution < -0.4 is 4.72 Å². The van der Waals surface area contributed by atoms with Crippen molar-refractivity contribution in [3.8, 4) is 0 Å². The molecule has 0 aliphatic rings. The Bertz CT molecular complexity index is 762. The highest BCUT2D eigenvalue weighted by molar-refractivity contribution is 7.89. The number of nitrogens with one attached hydrogen (secondary N) is 1. The van der Waals surface area contributed by atoms with Crippen molar-refractivity contribution in [2.45, 2.75) is 17.4 Å². The van der Waals surface area contributed by atoms with Crippen LogP contribution >= 0.6 is 0 Å². The molecule has 2 aromatic rings. The monoisotopic (exact) mass is 327 g/mol. The summed E-state index contributed by atoms with van der Waals surface area (Å²) in [7, 11) is -4.28. The lowest BCUT2D eigenvalue weighted by atomic mass is 9.97. The minimum Gasteiger partial charge on any atom is -0.384 e. The molecule has 0 aliphatic carbocycles. The summed E-state index contributed by atoms with van der Waals surface area (Å²) >= 11 is 0. The Morgan fingerprint density at radius 3 is 2.41 bits per heavy atom. The molecule has 0 radical (unpaired) electrons. The van der Waals surface area contributed by atoms with Gasteiger partial charge < -0.3 is 5.11 Å². The summed E-state index contributed by atoms with van der Waals surface area (Å²) in [6, 6.07) is 10.6. The minimum atomic E-state index is -4.28. The van der Waals surface area contributed by atoms with E-state index in [0.29, 0.717) is 11.6 Å². The highest BCUT2D eigenvalue weighted by atomic mass is 32.2. The Kier molecular flexibility index (Phi) is 4.60. The van der Waals surface area contributed by atoms with Gasteiger partial charge in [0.25, 0.3) is 0 Å². The fourth-order valence-electron chi connectivity index (χ4n) is 1.90. The maximum absolute atomic E-state index is 13.6. The molecular formula is C15H15F2NO3S. The summed E-state index contributed by atoms with van der Waals surface area (Å²) in [6.45, 7) is 1.04. The van der Waals surface area contributed by atoms with Crippen LogP contribution in [0.1, 0.15) is 12.5 Å². The van der Waals surface area contributed by atoms with Crippen LogP contribution in [-0.4, -0.2) is 20.1 Å². The Morgan fingerprint density at radius 1 is 1.14 bits per heavy atom. The molecule has 0 aromatic heterocycles. The highest BCUT2D eigenvalue weighted by Crippen LogP contribution is 2.21. The van der Waals surface area contributed by atoms with E-state index in [-0.39, 0.29) is 6.54 Å². The van der Waals surface area contributed by atoms with Gasteiger partial charge in [-0.05, 0) is 30.7 Å². The van der Waals surface area contributed by atoms with E-state index in [1.807, 2.05) is 0 Å². The number of aliphatic hydroxyl groups is 1. The Hall–Kier alpha value is -1.83. The number of rotatable bonds is 5. The van der Waals surface area contributed by atoms with Gasteiger partial charge in [0.1, 0.15) is 22.1 Å². The van der Waals surface area contributed by atoms with Gasteiger partial charge in [-0.1, -0.05) is 30.3 Å². The minimum absolute atomic E-state index is 0.380. The predicted octanol–water partition coefficient (Wildman–Crippen LogP) is 2.15. The van der Waals surface area contributed by atoms with Crippen molar-refractivity contribution in [1.82, 2.24) is 4.72 Å². The molecule has 1 atom stereocenters. The number of benzene rings is 2. The van der Waals surface area contributed by atoms with Gasteiger partial charge in [0.05, 0.1) is 0 Å². The summed E-state index contributed by atoms with van der Waals surface area (Å²) in [6.07, 6.45) is 0. The smallest absolute Gasteiger partial charge is 0.243 e. The standard InChI is InChI=1S/C15H15F2NO3S/c1-15(19,11-5-3-2-4-6-11)10-18-22(20,21)14-9-12(16)7-8-13(14)17/h2-9,18-19H,10H2,1H3. The lowest BCUT2D eigenvalue weighted by Crippen LogP contribution is -2.38. The van der Waals surface area contributed by atoms with Gasteiger partial charge in [-0.25, -0.2) is 21.9 Å². The SMILES string of the molecule is CC(O)(CNS(=O)(=O)c1cc(F)ccc1F)c1ccccc1. The lowest BCUT2D eigenvalue weighted by molar-refractivity contribution is 0.0627. The topological polar surface area (TPSA) is 66.4 Å². The fraction of sp³-hybridized carbons (Fsp3) is 0.200. The Labute approximate surface area is 127 Å². The molecule has 7 heteroatoms. The van der Waals surface area contributed by atoms with Crippen LogP contribution in [0, 0.1) is 11.6 Å². The molecule has 1 unspecified atom stereocenters. The number of hydrogen-bond donors (Lipinski definition) is 2. The van der Waals surface area contributed by atoms with E-state index in [2.05, 4.69) is 4.72 Å². The van der Waals surface area contributed by atoms with Crippen LogP contribution in [0.5, 0.6) is 0 Å². The molecule has 118 valence electrons. The molecule has 0 spiro atoms. The fourth-order valence-corrected chi connectivity index (χ4v) is 3.11. The van der Waals surface area contributed by atoms with Crippen molar-refractivity contribution < 1.29 is 22.3 Å². The van der Waals surface area contributed by atoms with E-state index in [9.17, 15) is 22.3 Å². The predicted molar refractivity (Wildman–Crippen MR) is 77.6 cm³/mol. The van der Waals surface area contributed by atoms with Crippen molar-refractivity contribution in [2.24, 2.45) is 0 Å². The van der Waals surface area contributed by atoms with Gasteiger partial charge in [-0.2, -0.15) is 0 Å². The van der Waals surface area contributed by atoms with Crippen molar-refractivity contribution >= 4 is 10.0 Å². The third-order valence-corrected chi connectivity index (χ3v) is 4.60. The van der Waals surface area contributed by atoms with Gasteiger partial charge in [0, 0.05) is 6.54 Å². The highest BCUT2D eigenvalue weighted by Gasteiger charge is 2.27. The van der Waals surface area contributed by atoms with E-state index < -0.39 is 32.2 Å². The molecule has 2 aromatic carbocycles. The molecule has 2 rings (SSSR count). The molecular weight excluding hydrogens is 312 g/mol. The van der Waals surface area contributed by atoms with E-state index in [1.165, 1.54) is 6.92 Å². The largest absolute Gasteiger partial charge is 0.384 e. The zero-order chi connectivity index (χ0) is 16.4. The third-order valence-electron chi connectivity index (χ3n) is 3.18. The molecule has 0 amide bonds. The molecule has 0 aliphatic heterocycles. The average molecular weight is 327 g/mol. The molecule has 0 heterocycles. The summed E-state index contributed by atoms with van der Waals surface area (Å²) in [5.74, 6) is -1.93. The van der Waals surface area contributed by atoms with Gasteiger partial charge in [-0.15, -0.1) is 0 Å². The second-order valence-electron chi connectivity index (χ2n) is 5.04. The van der Waals surface area contributed by atoms with E-state index in [0.717, 1.165) is 12.1 Å². The lowest BCUT2D eigenvalue weighted by Gasteiger charge is -2.24. The van der Waals surface area contributed by atoms with Gasteiger partial charge in [0.15, 0.2) is 0 Å². The molecule has 0 fully saturated rings. The van der Waals surface area contributed by atoms with E-state index in [4.69, 9.17) is 0 Å². The molecule has 22 heavy (non-hydrogen) atoms. The van der Waals surface area contributed by atoms with Crippen LogP contribution in [0.3, 0.4) is 0 Å². The number of sulfonamides is 1. The van der Waals surface area contributed by atoms with E-state index >= 15 is 0 Å². The van der Waals surface area contributed by atoms with Crippen molar-refractivity contribution in [3.05, 3.63) is 65.7 Å². The molecule has 0 saturated carbocycles. The average Bonchev–Trinajstić information content (AvgIpc) is 2.49. The molecule has 4 nitrogen and oxygen atoms in total. The zero-order valence-corrected chi connectivity index (χ0v) is 12.6. The summed E-state index contributed by atoms with van der Waals surface area (Å²) in [4.78, 5) is -0.795. The quantitative estimate of drug-likeness (QED) is 0.884. The second kappa shape index (κ2) is 6.12. The Balaban J connectivity index is 2.21. The summed E-state index contributed by atoms with van der Waals surface area (Å²) < 4.78 is 52.9. The molecule has 2 N–H and O–H groups in total. The van der Waals surface area contributed by atoms with Crippen LogP contribution in [0.4, 0.5) is 8.78 Å². The number of hydrogen-bond acceptors (Lipinski definition) is 3. The third kappa shape index (κ3) is 3.68. The summed E-state index contributed by atoms with van der Waals surface area (Å²) in [5, 5.41) is 10.3. The van der Waals surface area contributed by atoms with Crippen molar-refractivity contribution in [1.29, 1.82) is 0 Å². The maximum Gasteiger partial charge on any atom is 0.243 e. The molecule has 0 bridgehead atoms.